The van der Waals surface area contributed by atoms with E-state index in [-0.39, 0.29) is 17.4 Å². The van der Waals surface area contributed by atoms with Crippen LogP contribution in [-0.2, 0) is 4.79 Å². The maximum Gasteiger partial charge on any atom is 0.252 e. The fourth-order valence-electron chi connectivity index (χ4n) is 3.35. The fraction of sp³-hybridized carbons (Fsp3) is 0.300. The van der Waals surface area contributed by atoms with E-state index in [0.717, 1.165) is 16.8 Å². The van der Waals surface area contributed by atoms with Crippen LogP contribution in [0, 0.1) is 11.3 Å². The second-order valence-electron chi connectivity index (χ2n) is 7.43. The average Bonchev–Trinajstić information content (AvgIpc) is 2.99. The molecule has 4 rings (SSSR count). The molecule has 3 aliphatic carbocycles. The third kappa shape index (κ3) is 2.37. The molecule has 0 aromatic carbocycles. The van der Waals surface area contributed by atoms with Gasteiger partial charge in [0.25, 0.3) is 5.91 Å². The Hall–Kier alpha value is -2.42. The number of hydrogen-bond donors (Lipinski definition) is 1. The Labute approximate surface area is 136 Å². The highest BCUT2D eigenvalue weighted by Crippen LogP contribution is 2.51. The van der Waals surface area contributed by atoms with Crippen molar-refractivity contribution in [3.8, 4) is 0 Å². The van der Waals surface area contributed by atoms with Crippen molar-refractivity contribution in [1.82, 2.24) is 10.3 Å². The van der Waals surface area contributed by atoms with Gasteiger partial charge < -0.3 is 5.32 Å². The Kier molecular flexibility index (Phi) is 2.95. The molecule has 0 saturated carbocycles. The molecule has 1 aromatic heterocycles. The van der Waals surface area contributed by atoms with Crippen LogP contribution in [0.5, 0.6) is 0 Å². The molecule has 0 unspecified atom stereocenters. The van der Waals surface area contributed by atoms with Gasteiger partial charge in [-0.25, -0.2) is 0 Å². The molecule has 2 atom stereocenters. The highest BCUT2D eigenvalue weighted by atomic mass is 16.1. The predicted octanol–water partition coefficient (Wildman–Crippen LogP) is 3.65. The Morgan fingerprint density at radius 1 is 1.26 bits per heavy atom. The van der Waals surface area contributed by atoms with E-state index < -0.39 is 0 Å². The summed E-state index contributed by atoms with van der Waals surface area (Å²) in [6, 6.07) is 5.69. The molecule has 3 heteroatoms. The highest BCUT2D eigenvalue weighted by molar-refractivity contribution is 6.02. The Morgan fingerprint density at radius 3 is 2.78 bits per heavy atom. The number of amides is 1. The number of allylic oxidation sites excluding steroid dienone is 6. The molecule has 0 spiro atoms. The lowest BCUT2D eigenvalue weighted by atomic mass is 9.84. The monoisotopic (exact) mass is 304 g/mol. The van der Waals surface area contributed by atoms with Gasteiger partial charge in [-0.1, -0.05) is 39.0 Å². The van der Waals surface area contributed by atoms with Gasteiger partial charge in [0.05, 0.1) is 11.7 Å². The molecule has 1 amide bonds. The van der Waals surface area contributed by atoms with Gasteiger partial charge in [0, 0.05) is 17.7 Å². The van der Waals surface area contributed by atoms with E-state index >= 15 is 0 Å². The Balaban J connectivity index is 1.57. The first-order valence-electron chi connectivity index (χ1n) is 8.03. The lowest BCUT2D eigenvalue weighted by Crippen LogP contribution is -2.38. The minimum atomic E-state index is -0.128. The number of rotatable bonds is 3. The van der Waals surface area contributed by atoms with Crippen molar-refractivity contribution in [2.45, 2.75) is 26.8 Å². The number of hydrogen-bond acceptors (Lipinski definition) is 2. The zero-order valence-corrected chi connectivity index (χ0v) is 13.6. The van der Waals surface area contributed by atoms with Crippen LogP contribution in [0.1, 0.15) is 32.5 Å². The van der Waals surface area contributed by atoms with Gasteiger partial charge in [-0.05, 0) is 46.4 Å². The first-order valence-corrected chi connectivity index (χ1v) is 8.03. The van der Waals surface area contributed by atoms with Crippen molar-refractivity contribution in [3.05, 3.63) is 76.7 Å². The predicted molar refractivity (Wildman–Crippen MR) is 90.4 cm³/mol. The maximum absolute atomic E-state index is 12.8. The summed E-state index contributed by atoms with van der Waals surface area (Å²) in [5.41, 5.74) is 5.27. The van der Waals surface area contributed by atoms with Crippen LogP contribution in [0.2, 0.25) is 0 Å². The summed E-state index contributed by atoms with van der Waals surface area (Å²) >= 11 is 0. The third-order valence-electron chi connectivity index (χ3n) is 4.66. The zero-order chi connectivity index (χ0) is 16.2. The second kappa shape index (κ2) is 4.79. The van der Waals surface area contributed by atoms with E-state index in [4.69, 9.17) is 0 Å². The maximum atomic E-state index is 12.8. The Bertz CT molecular complexity index is 804. The van der Waals surface area contributed by atoms with Crippen LogP contribution >= 0.6 is 0 Å². The molecule has 0 saturated heterocycles. The lowest BCUT2D eigenvalue weighted by Gasteiger charge is -2.31. The molecular weight excluding hydrogens is 284 g/mol. The topological polar surface area (TPSA) is 42.0 Å². The number of aromatic nitrogens is 1. The SMILES string of the molecule is CC(C)(C)[C@H](NC(=O)C1=CC=C2C1=CC1=C[C@@H]12)c1ccccn1. The highest BCUT2D eigenvalue weighted by Gasteiger charge is 2.40. The smallest absolute Gasteiger partial charge is 0.252 e. The fourth-order valence-corrected chi connectivity index (χ4v) is 3.35. The summed E-state index contributed by atoms with van der Waals surface area (Å²) < 4.78 is 0. The van der Waals surface area contributed by atoms with E-state index in [9.17, 15) is 4.79 Å². The summed E-state index contributed by atoms with van der Waals surface area (Å²) in [6.45, 7) is 6.36. The lowest BCUT2D eigenvalue weighted by molar-refractivity contribution is -0.118. The molecule has 3 aliphatic rings. The van der Waals surface area contributed by atoms with Crippen LogP contribution in [0.3, 0.4) is 0 Å². The van der Waals surface area contributed by atoms with E-state index in [1.165, 1.54) is 11.1 Å². The molecule has 0 bridgehead atoms. The molecule has 0 aliphatic heterocycles. The molecule has 0 radical (unpaired) electrons. The summed E-state index contributed by atoms with van der Waals surface area (Å²) in [5, 5.41) is 3.19. The van der Waals surface area contributed by atoms with Gasteiger partial charge in [-0.2, -0.15) is 0 Å². The van der Waals surface area contributed by atoms with Gasteiger partial charge >= 0.3 is 0 Å². The summed E-state index contributed by atoms with van der Waals surface area (Å²) in [7, 11) is 0. The first kappa shape index (κ1) is 14.2. The van der Waals surface area contributed by atoms with Crippen LogP contribution in [-0.4, -0.2) is 10.9 Å². The number of carbonyl (C=O) groups excluding carboxylic acids is 1. The summed E-state index contributed by atoms with van der Waals surface area (Å²) in [4.78, 5) is 17.3. The van der Waals surface area contributed by atoms with Crippen molar-refractivity contribution >= 4 is 5.91 Å². The second-order valence-corrected chi connectivity index (χ2v) is 7.43. The van der Waals surface area contributed by atoms with E-state index in [2.05, 4.69) is 49.3 Å². The molecule has 3 nitrogen and oxygen atoms in total. The largest absolute Gasteiger partial charge is 0.343 e. The first-order chi connectivity index (χ1) is 10.9. The van der Waals surface area contributed by atoms with E-state index in [1.54, 1.807) is 6.20 Å². The van der Waals surface area contributed by atoms with Crippen molar-refractivity contribution in [3.63, 3.8) is 0 Å². The molecule has 1 N–H and O–H groups in total. The van der Waals surface area contributed by atoms with Crippen LogP contribution in [0.25, 0.3) is 0 Å². The summed E-state index contributed by atoms with van der Waals surface area (Å²) in [5.74, 6) is 0.454. The standard InChI is InChI=1S/C20H20N2O/c1-20(2,3)18(17-6-4-5-9-21-17)22-19(23)14-8-7-13-15-10-12(15)11-16(13)14/h4-11,15,18H,1-3H3,(H,22,23)/t15-,18+/m0/s1. The molecule has 0 fully saturated rings. The number of pyridine rings is 1. The minimum absolute atomic E-state index is 0.0185. The van der Waals surface area contributed by atoms with Gasteiger partial charge in [0.1, 0.15) is 0 Å². The molecular formula is C20H20N2O. The van der Waals surface area contributed by atoms with Crippen LogP contribution in [0.15, 0.2) is 71.0 Å². The Morgan fingerprint density at radius 2 is 2.09 bits per heavy atom. The van der Waals surface area contributed by atoms with Gasteiger partial charge in [0.15, 0.2) is 0 Å². The number of nitrogens with one attached hydrogen (secondary N) is 1. The van der Waals surface area contributed by atoms with Crippen LogP contribution in [0.4, 0.5) is 0 Å². The molecule has 23 heavy (non-hydrogen) atoms. The number of fused-ring (bicyclic) bond motifs is 3. The van der Waals surface area contributed by atoms with E-state index in [1.807, 2.05) is 24.3 Å². The van der Waals surface area contributed by atoms with Gasteiger partial charge in [0.2, 0.25) is 0 Å². The normalized spacial score (nSPS) is 22.3. The van der Waals surface area contributed by atoms with Crippen molar-refractivity contribution in [2.75, 3.05) is 0 Å². The zero-order valence-electron chi connectivity index (χ0n) is 13.6. The summed E-state index contributed by atoms with van der Waals surface area (Å²) in [6.07, 6.45) is 10.2. The minimum Gasteiger partial charge on any atom is -0.343 e. The molecule has 1 heterocycles. The third-order valence-corrected chi connectivity index (χ3v) is 4.66. The van der Waals surface area contributed by atoms with Crippen molar-refractivity contribution < 1.29 is 4.79 Å². The van der Waals surface area contributed by atoms with Crippen molar-refractivity contribution in [1.29, 1.82) is 0 Å². The molecule has 1 aromatic rings. The van der Waals surface area contributed by atoms with Crippen molar-refractivity contribution in [2.24, 2.45) is 11.3 Å². The van der Waals surface area contributed by atoms with Crippen LogP contribution < -0.4 is 5.32 Å². The van der Waals surface area contributed by atoms with Gasteiger partial charge in [-0.15, -0.1) is 0 Å². The number of nitrogens with zero attached hydrogens (tertiary/aromatic N) is 1. The molecule has 116 valence electrons. The van der Waals surface area contributed by atoms with Gasteiger partial charge in [-0.3, -0.25) is 9.78 Å². The average molecular weight is 304 g/mol. The van der Waals surface area contributed by atoms with E-state index in [0.29, 0.717) is 5.92 Å². The quantitative estimate of drug-likeness (QED) is 0.926. The number of carbonyl (C=O) groups is 1.